The second kappa shape index (κ2) is 5.26. The summed E-state index contributed by atoms with van der Waals surface area (Å²) < 4.78 is 0. The Morgan fingerprint density at radius 1 is 1.14 bits per heavy atom. The van der Waals surface area contributed by atoms with Crippen LogP contribution < -0.4 is 0 Å². The lowest BCUT2D eigenvalue weighted by atomic mass is 10.0. The van der Waals surface area contributed by atoms with Crippen LogP contribution in [0.4, 0.5) is 0 Å². The van der Waals surface area contributed by atoms with E-state index in [1.54, 1.807) is 12.3 Å². The SMILES string of the molecule is O=C(c1ccc2cn[nH]c2n1)N1CCCc2ccccc2C1. The summed E-state index contributed by atoms with van der Waals surface area (Å²) in [6.07, 6.45) is 3.71. The van der Waals surface area contributed by atoms with Gasteiger partial charge in [0.25, 0.3) is 5.91 Å². The van der Waals surface area contributed by atoms with Crippen molar-refractivity contribution in [2.45, 2.75) is 19.4 Å². The smallest absolute Gasteiger partial charge is 0.272 e. The average molecular weight is 292 g/mol. The number of rotatable bonds is 1. The fraction of sp³-hybridized carbons (Fsp3) is 0.235. The van der Waals surface area contributed by atoms with E-state index >= 15 is 0 Å². The number of hydrogen-bond acceptors (Lipinski definition) is 3. The molecule has 2 aromatic heterocycles. The van der Waals surface area contributed by atoms with Gasteiger partial charge in [-0.15, -0.1) is 0 Å². The molecule has 3 aromatic rings. The number of H-pyrrole nitrogens is 1. The molecular weight excluding hydrogens is 276 g/mol. The zero-order valence-electron chi connectivity index (χ0n) is 12.1. The number of aromatic amines is 1. The highest BCUT2D eigenvalue weighted by Gasteiger charge is 2.21. The van der Waals surface area contributed by atoms with Crippen LogP contribution in [0.25, 0.3) is 11.0 Å². The minimum absolute atomic E-state index is 0.0202. The maximum absolute atomic E-state index is 12.8. The number of aromatic nitrogens is 3. The van der Waals surface area contributed by atoms with Crippen LogP contribution in [-0.2, 0) is 13.0 Å². The van der Waals surface area contributed by atoms with Crippen molar-refractivity contribution in [3.8, 4) is 0 Å². The van der Waals surface area contributed by atoms with Crippen LogP contribution >= 0.6 is 0 Å². The molecule has 22 heavy (non-hydrogen) atoms. The molecule has 5 heteroatoms. The van der Waals surface area contributed by atoms with E-state index in [2.05, 4.69) is 33.4 Å². The number of aryl methyl sites for hydroxylation is 1. The third-order valence-electron chi connectivity index (χ3n) is 4.16. The second-order valence-corrected chi connectivity index (χ2v) is 5.60. The molecule has 1 amide bonds. The molecule has 1 aromatic carbocycles. The molecule has 0 saturated carbocycles. The van der Waals surface area contributed by atoms with Gasteiger partial charge in [0.2, 0.25) is 0 Å². The Kier molecular flexibility index (Phi) is 3.11. The molecule has 0 atom stereocenters. The van der Waals surface area contributed by atoms with E-state index < -0.39 is 0 Å². The number of fused-ring (bicyclic) bond motifs is 2. The largest absolute Gasteiger partial charge is 0.333 e. The summed E-state index contributed by atoms with van der Waals surface area (Å²) in [4.78, 5) is 19.0. The number of nitrogens with zero attached hydrogens (tertiary/aromatic N) is 3. The Morgan fingerprint density at radius 2 is 2.00 bits per heavy atom. The number of pyridine rings is 1. The van der Waals surface area contributed by atoms with E-state index in [4.69, 9.17) is 0 Å². The molecule has 1 N–H and O–H groups in total. The summed E-state index contributed by atoms with van der Waals surface area (Å²) >= 11 is 0. The normalized spacial score (nSPS) is 14.6. The summed E-state index contributed by atoms with van der Waals surface area (Å²) in [6, 6.07) is 12.0. The number of nitrogens with one attached hydrogen (secondary N) is 1. The summed E-state index contributed by atoms with van der Waals surface area (Å²) in [6.45, 7) is 1.41. The Bertz CT molecular complexity index is 839. The predicted octanol–water partition coefficient (Wildman–Crippen LogP) is 2.55. The number of amides is 1. The maximum atomic E-state index is 12.8. The molecular formula is C17H16N4O. The molecule has 1 aliphatic rings. The van der Waals surface area contributed by atoms with Crippen LogP contribution in [0.5, 0.6) is 0 Å². The standard InChI is InChI=1S/C17H16N4O/c22-17(15-8-7-13-10-18-20-16(13)19-15)21-9-3-6-12-4-1-2-5-14(12)11-21/h1-2,4-5,7-8,10H,3,6,9,11H2,(H,18,19,20). The lowest BCUT2D eigenvalue weighted by molar-refractivity contribution is 0.0740. The fourth-order valence-electron chi connectivity index (χ4n) is 2.98. The van der Waals surface area contributed by atoms with Crippen LogP contribution in [0.1, 0.15) is 28.0 Å². The van der Waals surface area contributed by atoms with Crippen LogP contribution in [0, 0.1) is 0 Å². The molecule has 5 nitrogen and oxygen atoms in total. The van der Waals surface area contributed by atoms with E-state index in [0.717, 1.165) is 24.8 Å². The van der Waals surface area contributed by atoms with E-state index in [9.17, 15) is 4.79 Å². The summed E-state index contributed by atoms with van der Waals surface area (Å²) in [5.74, 6) is -0.0202. The van der Waals surface area contributed by atoms with Gasteiger partial charge in [-0.3, -0.25) is 9.89 Å². The monoisotopic (exact) mass is 292 g/mol. The zero-order chi connectivity index (χ0) is 14.9. The van der Waals surface area contributed by atoms with Crippen molar-refractivity contribution in [3.63, 3.8) is 0 Å². The molecule has 0 saturated heterocycles. The van der Waals surface area contributed by atoms with Gasteiger partial charge in [-0.2, -0.15) is 5.10 Å². The van der Waals surface area contributed by atoms with E-state index in [-0.39, 0.29) is 5.91 Å². The topological polar surface area (TPSA) is 61.9 Å². The van der Waals surface area contributed by atoms with Crippen molar-refractivity contribution in [2.75, 3.05) is 6.54 Å². The lowest BCUT2D eigenvalue weighted by Gasteiger charge is -2.20. The predicted molar refractivity (Wildman–Crippen MR) is 83.4 cm³/mol. The van der Waals surface area contributed by atoms with Crippen molar-refractivity contribution < 1.29 is 4.79 Å². The minimum Gasteiger partial charge on any atom is -0.333 e. The van der Waals surface area contributed by atoms with Crippen LogP contribution in [-0.4, -0.2) is 32.5 Å². The highest BCUT2D eigenvalue weighted by molar-refractivity contribution is 5.94. The van der Waals surface area contributed by atoms with Gasteiger partial charge >= 0.3 is 0 Å². The maximum Gasteiger partial charge on any atom is 0.272 e. The molecule has 0 bridgehead atoms. The minimum atomic E-state index is -0.0202. The fourth-order valence-corrected chi connectivity index (χ4v) is 2.98. The zero-order valence-corrected chi connectivity index (χ0v) is 12.1. The number of hydrogen-bond donors (Lipinski definition) is 1. The van der Waals surface area contributed by atoms with E-state index in [1.807, 2.05) is 17.0 Å². The van der Waals surface area contributed by atoms with Crippen molar-refractivity contribution in [1.29, 1.82) is 0 Å². The molecule has 110 valence electrons. The Balaban J connectivity index is 1.64. The lowest BCUT2D eigenvalue weighted by Crippen LogP contribution is -2.31. The first-order valence-corrected chi connectivity index (χ1v) is 7.47. The summed E-state index contributed by atoms with van der Waals surface area (Å²) in [5, 5.41) is 7.68. The van der Waals surface area contributed by atoms with Crippen LogP contribution in [0.3, 0.4) is 0 Å². The summed E-state index contributed by atoms with van der Waals surface area (Å²) in [5.41, 5.74) is 3.70. The Hall–Kier alpha value is -2.69. The molecule has 0 spiro atoms. The first kappa shape index (κ1) is 13.0. The van der Waals surface area contributed by atoms with Gasteiger partial charge < -0.3 is 4.90 Å². The van der Waals surface area contributed by atoms with Crippen molar-refractivity contribution in [2.24, 2.45) is 0 Å². The highest BCUT2D eigenvalue weighted by atomic mass is 16.2. The van der Waals surface area contributed by atoms with Gasteiger partial charge in [0.1, 0.15) is 5.69 Å². The highest BCUT2D eigenvalue weighted by Crippen LogP contribution is 2.20. The van der Waals surface area contributed by atoms with Gasteiger partial charge in [0.15, 0.2) is 5.65 Å². The number of carbonyl (C=O) groups excluding carboxylic acids is 1. The quantitative estimate of drug-likeness (QED) is 0.749. The van der Waals surface area contributed by atoms with Gasteiger partial charge in [-0.1, -0.05) is 24.3 Å². The average Bonchev–Trinajstić information content (AvgIpc) is 2.91. The molecule has 3 heterocycles. The molecule has 0 radical (unpaired) electrons. The van der Waals surface area contributed by atoms with E-state index in [1.165, 1.54) is 11.1 Å². The Labute approximate surface area is 128 Å². The van der Waals surface area contributed by atoms with E-state index in [0.29, 0.717) is 17.9 Å². The number of carbonyl (C=O) groups is 1. The molecule has 0 fully saturated rings. The molecule has 0 aliphatic carbocycles. The first-order valence-electron chi connectivity index (χ1n) is 7.47. The molecule has 4 rings (SSSR count). The third kappa shape index (κ3) is 2.24. The van der Waals surface area contributed by atoms with Gasteiger partial charge in [0, 0.05) is 18.5 Å². The van der Waals surface area contributed by atoms with Gasteiger partial charge in [-0.05, 0) is 36.1 Å². The molecule has 0 unspecified atom stereocenters. The number of benzene rings is 1. The Morgan fingerprint density at radius 3 is 2.91 bits per heavy atom. The van der Waals surface area contributed by atoms with Gasteiger partial charge in [-0.25, -0.2) is 4.98 Å². The second-order valence-electron chi connectivity index (χ2n) is 5.60. The van der Waals surface area contributed by atoms with Crippen LogP contribution in [0.15, 0.2) is 42.6 Å². The third-order valence-corrected chi connectivity index (χ3v) is 4.16. The van der Waals surface area contributed by atoms with Crippen LogP contribution in [0.2, 0.25) is 0 Å². The van der Waals surface area contributed by atoms with Crippen molar-refractivity contribution in [1.82, 2.24) is 20.1 Å². The summed E-state index contributed by atoms with van der Waals surface area (Å²) in [7, 11) is 0. The van der Waals surface area contributed by atoms with Crippen molar-refractivity contribution >= 4 is 16.9 Å². The first-order chi connectivity index (χ1) is 10.8. The molecule has 1 aliphatic heterocycles. The van der Waals surface area contributed by atoms with Gasteiger partial charge in [0.05, 0.1) is 6.20 Å². The van der Waals surface area contributed by atoms with Crippen molar-refractivity contribution in [3.05, 3.63) is 59.4 Å².